The Bertz CT molecular complexity index is 415. The van der Waals surface area contributed by atoms with Gasteiger partial charge in [-0.15, -0.1) is 0 Å². The van der Waals surface area contributed by atoms with E-state index in [1.54, 1.807) is 0 Å². The van der Waals surface area contributed by atoms with Crippen molar-refractivity contribution in [1.82, 2.24) is 20.1 Å². The van der Waals surface area contributed by atoms with Crippen molar-refractivity contribution >= 4 is 11.9 Å². The molecule has 0 unspecified atom stereocenters. The third-order valence-corrected chi connectivity index (χ3v) is 2.91. The van der Waals surface area contributed by atoms with Crippen LogP contribution in [-0.4, -0.2) is 38.3 Å². The first-order chi connectivity index (χ1) is 8.89. The molecular formula is C12H20N4O3. The number of hydrogen-bond donors (Lipinski definition) is 2. The first-order valence-electron chi connectivity index (χ1n) is 6.20. The lowest BCUT2D eigenvalue weighted by molar-refractivity contribution is -0.137. The van der Waals surface area contributed by atoms with Gasteiger partial charge in [-0.05, 0) is 18.3 Å². The van der Waals surface area contributed by atoms with Crippen molar-refractivity contribution in [2.75, 3.05) is 6.54 Å². The van der Waals surface area contributed by atoms with Crippen LogP contribution in [0.4, 0.5) is 0 Å². The summed E-state index contributed by atoms with van der Waals surface area (Å²) in [5, 5.41) is 15.3. The molecule has 7 heteroatoms. The van der Waals surface area contributed by atoms with Crippen LogP contribution < -0.4 is 5.32 Å². The first-order valence-corrected chi connectivity index (χ1v) is 6.20. The average Bonchev–Trinajstić information content (AvgIpc) is 2.79. The van der Waals surface area contributed by atoms with Gasteiger partial charge in [-0.3, -0.25) is 9.59 Å². The van der Waals surface area contributed by atoms with Gasteiger partial charge in [0.2, 0.25) is 5.91 Å². The summed E-state index contributed by atoms with van der Waals surface area (Å²) in [4.78, 5) is 25.8. The molecule has 0 aliphatic heterocycles. The van der Waals surface area contributed by atoms with Crippen LogP contribution in [-0.2, 0) is 16.1 Å². The van der Waals surface area contributed by atoms with E-state index in [1.807, 2.05) is 13.8 Å². The highest BCUT2D eigenvalue weighted by atomic mass is 16.4. The van der Waals surface area contributed by atoms with E-state index in [4.69, 9.17) is 5.11 Å². The van der Waals surface area contributed by atoms with Crippen LogP contribution in [0.15, 0.2) is 12.7 Å². The van der Waals surface area contributed by atoms with Crippen molar-refractivity contribution in [3.8, 4) is 0 Å². The Labute approximate surface area is 112 Å². The number of nitrogens with one attached hydrogen (secondary N) is 1. The molecule has 0 spiro atoms. The topological polar surface area (TPSA) is 97.1 Å². The maximum atomic E-state index is 11.6. The lowest BCUT2D eigenvalue weighted by Crippen LogP contribution is -2.31. The SMILES string of the molecule is CC(C)(CCNC(=O)Cn1cncn1)CCC(=O)O. The van der Waals surface area contributed by atoms with Crippen LogP contribution >= 0.6 is 0 Å². The highest BCUT2D eigenvalue weighted by molar-refractivity contribution is 5.75. The largest absolute Gasteiger partial charge is 0.481 e. The fourth-order valence-corrected chi connectivity index (χ4v) is 1.63. The molecule has 0 aromatic carbocycles. The van der Waals surface area contributed by atoms with Crippen LogP contribution in [0.3, 0.4) is 0 Å². The Morgan fingerprint density at radius 3 is 2.68 bits per heavy atom. The quantitative estimate of drug-likeness (QED) is 0.722. The highest BCUT2D eigenvalue weighted by Crippen LogP contribution is 2.25. The summed E-state index contributed by atoms with van der Waals surface area (Å²) in [6.45, 7) is 4.68. The lowest BCUT2D eigenvalue weighted by atomic mass is 9.84. The van der Waals surface area contributed by atoms with Crippen molar-refractivity contribution in [1.29, 1.82) is 0 Å². The molecule has 0 aliphatic rings. The van der Waals surface area contributed by atoms with Gasteiger partial charge in [0.05, 0.1) is 0 Å². The van der Waals surface area contributed by atoms with Gasteiger partial charge in [0, 0.05) is 13.0 Å². The van der Waals surface area contributed by atoms with Crippen molar-refractivity contribution in [2.45, 2.75) is 39.7 Å². The molecule has 1 aromatic rings. The zero-order valence-electron chi connectivity index (χ0n) is 11.3. The number of hydrogen-bond acceptors (Lipinski definition) is 4. The Hall–Kier alpha value is -1.92. The van der Waals surface area contributed by atoms with Crippen LogP contribution in [0, 0.1) is 5.41 Å². The molecule has 0 fully saturated rings. The summed E-state index contributed by atoms with van der Waals surface area (Å²) in [6.07, 6.45) is 4.35. The summed E-state index contributed by atoms with van der Waals surface area (Å²) in [7, 11) is 0. The third-order valence-electron chi connectivity index (χ3n) is 2.91. The molecule has 1 rings (SSSR count). The molecule has 1 aromatic heterocycles. The summed E-state index contributed by atoms with van der Waals surface area (Å²) in [6, 6.07) is 0. The van der Waals surface area contributed by atoms with Gasteiger partial charge < -0.3 is 10.4 Å². The number of rotatable bonds is 8. The minimum absolute atomic E-state index is 0.0983. The van der Waals surface area contributed by atoms with Crippen molar-refractivity contribution in [3.05, 3.63) is 12.7 Å². The first kappa shape index (κ1) is 15.1. The molecule has 1 amide bonds. The molecule has 0 aliphatic carbocycles. The Morgan fingerprint density at radius 2 is 2.11 bits per heavy atom. The second-order valence-corrected chi connectivity index (χ2v) is 5.25. The van der Waals surface area contributed by atoms with Crippen LogP contribution in [0.5, 0.6) is 0 Å². The molecule has 7 nitrogen and oxygen atoms in total. The zero-order valence-corrected chi connectivity index (χ0v) is 11.3. The van der Waals surface area contributed by atoms with Crippen molar-refractivity contribution in [3.63, 3.8) is 0 Å². The normalized spacial score (nSPS) is 11.3. The minimum Gasteiger partial charge on any atom is -0.481 e. The molecule has 19 heavy (non-hydrogen) atoms. The predicted octanol–water partition coefficient (Wildman–Crippen LogP) is 0.675. The number of nitrogens with zero attached hydrogens (tertiary/aromatic N) is 3. The molecule has 2 N–H and O–H groups in total. The van der Waals surface area contributed by atoms with Gasteiger partial charge in [-0.2, -0.15) is 5.10 Å². The minimum atomic E-state index is -0.789. The molecule has 1 heterocycles. The van der Waals surface area contributed by atoms with Crippen molar-refractivity contribution < 1.29 is 14.7 Å². The molecule has 0 radical (unpaired) electrons. The summed E-state index contributed by atoms with van der Waals surface area (Å²) < 4.78 is 1.45. The molecule has 106 valence electrons. The second kappa shape index (κ2) is 6.86. The van der Waals surface area contributed by atoms with Gasteiger partial charge in [0.15, 0.2) is 0 Å². The van der Waals surface area contributed by atoms with Crippen LogP contribution in [0.1, 0.15) is 33.1 Å². The molecule has 0 atom stereocenters. The number of carboxylic acids is 1. The molecule has 0 bridgehead atoms. The average molecular weight is 268 g/mol. The fraction of sp³-hybridized carbons (Fsp3) is 0.667. The van der Waals surface area contributed by atoms with E-state index in [-0.39, 0.29) is 24.3 Å². The standard InChI is InChI=1S/C12H20N4O3/c1-12(2,4-3-11(18)19)5-6-14-10(17)7-16-9-13-8-15-16/h8-9H,3-7H2,1-2H3,(H,14,17)(H,18,19). The van der Waals surface area contributed by atoms with E-state index in [9.17, 15) is 9.59 Å². The molecule has 0 saturated carbocycles. The van der Waals surface area contributed by atoms with Gasteiger partial charge in [0.1, 0.15) is 19.2 Å². The fourth-order valence-electron chi connectivity index (χ4n) is 1.63. The predicted molar refractivity (Wildman–Crippen MR) is 68.3 cm³/mol. The lowest BCUT2D eigenvalue weighted by Gasteiger charge is -2.23. The number of carboxylic acid groups (broad SMARTS) is 1. The van der Waals surface area contributed by atoms with Gasteiger partial charge in [-0.25, -0.2) is 9.67 Å². The second-order valence-electron chi connectivity index (χ2n) is 5.25. The van der Waals surface area contributed by atoms with Crippen LogP contribution in [0.2, 0.25) is 0 Å². The maximum Gasteiger partial charge on any atom is 0.303 e. The number of amides is 1. The van der Waals surface area contributed by atoms with Gasteiger partial charge in [0.25, 0.3) is 0 Å². The van der Waals surface area contributed by atoms with E-state index < -0.39 is 5.97 Å². The number of aromatic nitrogens is 3. The summed E-state index contributed by atoms with van der Waals surface area (Å²) >= 11 is 0. The summed E-state index contributed by atoms with van der Waals surface area (Å²) in [5.41, 5.74) is -0.0983. The Balaban J connectivity index is 2.21. The van der Waals surface area contributed by atoms with Crippen molar-refractivity contribution in [2.24, 2.45) is 5.41 Å². The number of aliphatic carboxylic acids is 1. The molecule has 0 saturated heterocycles. The maximum absolute atomic E-state index is 11.6. The highest BCUT2D eigenvalue weighted by Gasteiger charge is 2.19. The molecular weight excluding hydrogens is 248 g/mol. The Kier molecular flexibility index (Phi) is 5.47. The number of carbonyl (C=O) groups excluding carboxylic acids is 1. The van der Waals surface area contributed by atoms with E-state index in [0.717, 1.165) is 6.42 Å². The monoisotopic (exact) mass is 268 g/mol. The van der Waals surface area contributed by atoms with Gasteiger partial charge >= 0.3 is 5.97 Å². The Morgan fingerprint density at radius 1 is 1.37 bits per heavy atom. The van der Waals surface area contributed by atoms with E-state index in [2.05, 4.69) is 15.4 Å². The smallest absolute Gasteiger partial charge is 0.303 e. The van der Waals surface area contributed by atoms with E-state index in [0.29, 0.717) is 13.0 Å². The van der Waals surface area contributed by atoms with Gasteiger partial charge in [-0.1, -0.05) is 13.8 Å². The zero-order chi connectivity index (χ0) is 14.3. The summed E-state index contributed by atoms with van der Waals surface area (Å²) in [5.74, 6) is -0.914. The van der Waals surface area contributed by atoms with E-state index >= 15 is 0 Å². The number of carbonyl (C=O) groups is 2. The van der Waals surface area contributed by atoms with Crippen LogP contribution in [0.25, 0.3) is 0 Å². The van der Waals surface area contributed by atoms with E-state index in [1.165, 1.54) is 17.3 Å². The third kappa shape index (κ3) is 6.54.